The summed E-state index contributed by atoms with van der Waals surface area (Å²) >= 11 is 0. The molecule has 1 saturated heterocycles. The molecule has 0 aromatic carbocycles. The van der Waals surface area contributed by atoms with Gasteiger partial charge in [-0.1, -0.05) is 0 Å². The van der Waals surface area contributed by atoms with Crippen LogP contribution in [0.2, 0.25) is 0 Å². The van der Waals surface area contributed by atoms with Gasteiger partial charge in [-0.2, -0.15) is 0 Å². The Morgan fingerprint density at radius 2 is 2.10 bits per heavy atom. The topological polar surface area (TPSA) is 68.2 Å². The first-order chi connectivity index (χ1) is 8.83. The summed E-state index contributed by atoms with van der Waals surface area (Å²) in [5, 5.41) is 11.9. The highest BCUT2D eigenvalue weighted by atomic mass is 127. The van der Waals surface area contributed by atoms with Crippen LogP contribution >= 0.6 is 24.0 Å². The van der Waals surface area contributed by atoms with E-state index >= 15 is 0 Å². The number of carbonyl (C=O) groups is 1. The molecular formula is C13H27IN4O2. The van der Waals surface area contributed by atoms with Gasteiger partial charge < -0.3 is 20.2 Å². The van der Waals surface area contributed by atoms with Crippen LogP contribution in [-0.4, -0.2) is 71.6 Å². The van der Waals surface area contributed by atoms with Crippen LogP contribution in [0.5, 0.6) is 0 Å². The number of piperazine rings is 1. The number of halogens is 1. The zero-order chi connectivity index (χ0) is 14.6. The summed E-state index contributed by atoms with van der Waals surface area (Å²) in [6.45, 7) is 9.73. The minimum atomic E-state index is -0.236. The number of nitrogens with one attached hydrogen (secondary N) is 1. The molecule has 0 atom stereocenters. The molecule has 2 N–H and O–H groups in total. The molecule has 20 heavy (non-hydrogen) atoms. The van der Waals surface area contributed by atoms with Gasteiger partial charge in [0.15, 0.2) is 5.96 Å². The number of nitrogens with zero attached hydrogens (tertiary/aromatic N) is 3. The molecule has 1 heterocycles. The average molecular weight is 398 g/mol. The van der Waals surface area contributed by atoms with E-state index in [1.165, 1.54) is 0 Å². The van der Waals surface area contributed by atoms with Gasteiger partial charge in [-0.05, 0) is 27.7 Å². The summed E-state index contributed by atoms with van der Waals surface area (Å²) in [4.78, 5) is 20.4. The normalized spacial score (nSPS) is 19.1. The Bertz CT molecular complexity index is 358. The van der Waals surface area contributed by atoms with Crippen molar-refractivity contribution < 1.29 is 9.90 Å². The van der Waals surface area contributed by atoms with E-state index < -0.39 is 0 Å². The Morgan fingerprint density at radius 3 is 2.50 bits per heavy atom. The Balaban J connectivity index is 0.00000361. The van der Waals surface area contributed by atoms with E-state index in [9.17, 15) is 4.79 Å². The first-order valence-corrected chi connectivity index (χ1v) is 6.72. The molecule has 0 aromatic rings. The first-order valence-electron chi connectivity index (χ1n) is 6.72. The molecule has 0 bridgehead atoms. The van der Waals surface area contributed by atoms with E-state index in [0.29, 0.717) is 19.0 Å². The number of guanidine groups is 1. The zero-order valence-electron chi connectivity index (χ0n) is 13.0. The highest BCUT2D eigenvalue weighted by molar-refractivity contribution is 14.0. The first kappa shape index (κ1) is 19.4. The summed E-state index contributed by atoms with van der Waals surface area (Å²) in [5.41, 5.74) is -0.236. The van der Waals surface area contributed by atoms with Gasteiger partial charge in [-0.25, -0.2) is 0 Å². The lowest BCUT2D eigenvalue weighted by molar-refractivity contribution is -0.145. The standard InChI is InChI=1S/C13H26N4O2.HI/c1-10(2)17-11(19)8-16(9-13(17,3)4)12(14-5)15-6-7-18;/h10,18H,6-9H2,1-5H3,(H,14,15);1H. The van der Waals surface area contributed by atoms with Gasteiger partial charge in [0.05, 0.1) is 18.7 Å². The lowest BCUT2D eigenvalue weighted by Gasteiger charge is -2.49. The van der Waals surface area contributed by atoms with Crippen molar-refractivity contribution in [3.05, 3.63) is 0 Å². The van der Waals surface area contributed by atoms with Crippen molar-refractivity contribution in [2.24, 2.45) is 4.99 Å². The molecule has 0 aliphatic carbocycles. The summed E-state index contributed by atoms with van der Waals surface area (Å²) in [7, 11) is 1.69. The fraction of sp³-hybridized carbons (Fsp3) is 0.846. The number of hydrogen-bond donors (Lipinski definition) is 2. The molecule has 1 fully saturated rings. The number of carbonyl (C=O) groups excluding carboxylic acids is 1. The van der Waals surface area contributed by atoms with Gasteiger partial charge in [-0.15, -0.1) is 24.0 Å². The molecule has 0 radical (unpaired) electrons. The third-order valence-electron chi connectivity index (χ3n) is 3.25. The maximum Gasteiger partial charge on any atom is 0.242 e. The van der Waals surface area contributed by atoms with Crippen molar-refractivity contribution in [2.75, 3.05) is 33.3 Å². The predicted octanol–water partition coefficient (Wildman–Crippen LogP) is 0.503. The monoisotopic (exact) mass is 398 g/mol. The molecule has 0 spiro atoms. The van der Waals surface area contributed by atoms with Crippen LogP contribution in [0.15, 0.2) is 4.99 Å². The van der Waals surface area contributed by atoms with Crippen LogP contribution in [-0.2, 0) is 4.79 Å². The number of rotatable bonds is 3. The van der Waals surface area contributed by atoms with E-state index in [0.717, 1.165) is 6.54 Å². The lowest BCUT2D eigenvalue weighted by Crippen LogP contribution is -2.66. The van der Waals surface area contributed by atoms with E-state index in [2.05, 4.69) is 24.2 Å². The lowest BCUT2D eigenvalue weighted by atomic mass is 9.96. The van der Waals surface area contributed by atoms with Gasteiger partial charge in [-0.3, -0.25) is 9.79 Å². The van der Waals surface area contributed by atoms with Crippen LogP contribution in [0.25, 0.3) is 0 Å². The van der Waals surface area contributed by atoms with Crippen molar-refractivity contribution in [3.63, 3.8) is 0 Å². The molecule has 0 unspecified atom stereocenters. The molecule has 1 aliphatic rings. The van der Waals surface area contributed by atoms with Crippen molar-refractivity contribution in [2.45, 2.75) is 39.3 Å². The quantitative estimate of drug-likeness (QED) is 0.413. The SMILES string of the molecule is CN=C(NCCO)N1CC(=O)N(C(C)C)C(C)(C)C1.I. The van der Waals surface area contributed by atoms with E-state index in [1.54, 1.807) is 7.05 Å². The summed E-state index contributed by atoms with van der Waals surface area (Å²) in [5.74, 6) is 0.775. The number of aliphatic hydroxyl groups is 1. The van der Waals surface area contributed by atoms with Gasteiger partial charge in [0.25, 0.3) is 0 Å². The molecule has 118 valence electrons. The van der Waals surface area contributed by atoms with Crippen LogP contribution in [0.4, 0.5) is 0 Å². The maximum absolute atomic E-state index is 12.3. The average Bonchev–Trinajstić information content (AvgIpc) is 2.27. The van der Waals surface area contributed by atoms with E-state index in [4.69, 9.17) is 5.11 Å². The summed E-state index contributed by atoms with van der Waals surface area (Å²) in [6.07, 6.45) is 0. The minimum absolute atomic E-state index is 0. The Labute approximate surface area is 138 Å². The highest BCUT2D eigenvalue weighted by Crippen LogP contribution is 2.24. The largest absolute Gasteiger partial charge is 0.395 e. The molecule has 6 nitrogen and oxygen atoms in total. The number of aliphatic imine (C=N–C) groups is 1. The van der Waals surface area contributed by atoms with Crippen LogP contribution in [0.1, 0.15) is 27.7 Å². The van der Waals surface area contributed by atoms with Gasteiger partial charge in [0.2, 0.25) is 5.91 Å². The molecule has 1 amide bonds. The van der Waals surface area contributed by atoms with Crippen LogP contribution < -0.4 is 5.32 Å². The summed E-state index contributed by atoms with van der Waals surface area (Å²) in [6, 6.07) is 0.192. The molecule has 0 saturated carbocycles. The molecule has 0 aromatic heterocycles. The van der Waals surface area contributed by atoms with E-state index in [1.807, 2.05) is 23.6 Å². The Kier molecular flexibility index (Phi) is 7.79. The van der Waals surface area contributed by atoms with Gasteiger partial charge in [0.1, 0.15) is 0 Å². The summed E-state index contributed by atoms with van der Waals surface area (Å²) < 4.78 is 0. The van der Waals surface area contributed by atoms with Crippen molar-refractivity contribution >= 4 is 35.8 Å². The minimum Gasteiger partial charge on any atom is -0.395 e. The second-order valence-electron chi connectivity index (χ2n) is 5.72. The van der Waals surface area contributed by atoms with Crippen molar-refractivity contribution in [3.8, 4) is 0 Å². The third-order valence-corrected chi connectivity index (χ3v) is 3.25. The smallest absolute Gasteiger partial charge is 0.242 e. The van der Waals surface area contributed by atoms with Crippen molar-refractivity contribution in [1.82, 2.24) is 15.1 Å². The zero-order valence-corrected chi connectivity index (χ0v) is 15.3. The highest BCUT2D eigenvalue weighted by Gasteiger charge is 2.40. The van der Waals surface area contributed by atoms with E-state index in [-0.39, 0.29) is 48.1 Å². The number of amides is 1. The fourth-order valence-corrected chi connectivity index (χ4v) is 2.81. The second kappa shape index (κ2) is 8.02. The maximum atomic E-state index is 12.3. The van der Waals surface area contributed by atoms with Crippen LogP contribution in [0, 0.1) is 0 Å². The van der Waals surface area contributed by atoms with Crippen LogP contribution in [0.3, 0.4) is 0 Å². The second-order valence-corrected chi connectivity index (χ2v) is 5.72. The molecule has 1 aliphatic heterocycles. The van der Waals surface area contributed by atoms with Gasteiger partial charge in [0, 0.05) is 26.2 Å². The third kappa shape index (κ3) is 4.47. The van der Waals surface area contributed by atoms with Crippen molar-refractivity contribution in [1.29, 1.82) is 0 Å². The predicted molar refractivity (Wildman–Crippen MR) is 91.5 cm³/mol. The number of aliphatic hydroxyl groups excluding tert-OH is 1. The van der Waals surface area contributed by atoms with Gasteiger partial charge >= 0.3 is 0 Å². The number of hydrogen-bond acceptors (Lipinski definition) is 3. The fourth-order valence-electron chi connectivity index (χ4n) is 2.81. The molecular weight excluding hydrogens is 371 g/mol. The molecule has 1 rings (SSSR count). The Hall–Kier alpha value is -0.570. The molecule has 7 heteroatoms. The Morgan fingerprint density at radius 1 is 1.50 bits per heavy atom.